The normalized spacial score (nSPS) is 14.0. The molecule has 1 aliphatic carbocycles. The number of sulfonamides is 1. The molecule has 2 amide bonds. The van der Waals surface area contributed by atoms with Gasteiger partial charge in [0.05, 0.1) is 5.69 Å². The standard InChI is InChI=1S/C22H32FN5O3S.Na/c1-13(2)18-9-15(23)10-19(14(3)4)21(18)24-22(29)26-32(30,31)20-11-17(28(6)25-20)12-27(5)16-7-8-16;/h9-11,13-14,16H,7-8,12H2,1-6H3,(H2,24,26,29);/q;+1/p-1. The van der Waals surface area contributed by atoms with E-state index in [4.69, 9.17) is 0 Å². The number of anilines is 1. The Labute approximate surface area is 217 Å². The first-order chi connectivity index (χ1) is 14.9. The molecule has 33 heavy (non-hydrogen) atoms. The van der Waals surface area contributed by atoms with Gasteiger partial charge in [-0.05, 0) is 66.7 Å². The van der Waals surface area contributed by atoms with E-state index in [1.807, 2.05) is 34.7 Å². The number of halogens is 1. The van der Waals surface area contributed by atoms with E-state index >= 15 is 0 Å². The molecule has 11 heteroatoms. The van der Waals surface area contributed by atoms with E-state index in [-0.39, 0.29) is 46.4 Å². The second kappa shape index (κ2) is 10.9. The molecule has 1 aromatic carbocycles. The first-order valence-electron chi connectivity index (χ1n) is 10.7. The van der Waals surface area contributed by atoms with Gasteiger partial charge in [0.25, 0.3) is 0 Å². The average Bonchev–Trinajstić information content (AvgIpc) is 3.46. The molecule has 0 spiro atoms. The summed E-state index contributed by atoms with van der Waals surface area (Å²) >= 11 is 0. The first kappa shape index (κ1) is 27.8. The molecule has 0 saturated heterocycles. The summed E-state index contributed by atoms with van der Waals surface area (Å²) in [4.78, 5) is 14.8. The minimum absolute atomic E-state index is 0. The number of nitrogens with zero attached hydrogens (tertiary/aromatic N) is 4. The summed E-state index contributed by atoms with van der Waals surface area (Å²) in [7, 11) is -0.659. The first-order valence-corrected chi connectivity index (χ1v) is 12.2. The van der Waals surface area contributed by atoms with Crippen LogP contribution in [0.3, 0.4) is 0 Å². The molecule has 1 aliphatic rings. The molecule has 1 N–H and O–H groups in total. The summed E-state index contributed by atoms with van der Waals surface area (Å²) < 4.78 is 44.5. The van der Waals surface area contributed by atoms with Crippen LogP contribution in [-0.2, 0) is 23.6 Å². The SMILES string of the molecule is CC(C)c1cc(F)cc(C(C)C)c1NC(=O)[N-]S(=O)(=O)c1cc(CN(C)C2CC2)n(C)n1.[Na+]. The van der Waals surface area contributed by atoms with Crippen LogP contribution in [-0.4, -0.2) is 42.2 Å². The van der Waals surface area contributed by atoms with Gasteiger partial charge >= 0.3 is 29.6 Å². The van der Waals surface area contributed by atoms with E-state index in [0.29, 0.717) is 29.4 Å². The van der Waals surface area contributed by atoms with Gasteiger partial charge in [-0.3, -0.25) is 14.4 Å². The Kier molecular flexibility index (Phi) is 9.14. The summed E-state index contributed by atoms with van der Waals surface area (Å²) in [5.74, 6) is -0.578. The van der Waals surface area contributed by atoms with Crippen molar-refractivity contribution in [3.8, 4) is 0 Å². The van der Waals surface area contributed by atoms with E-state index in [9.17, 15) is 17.6 Å². The molecule has 0 bridgehead atoms. The molecule has 3 rings (SSSR count). The van der Waals surface area contributed by atoms with Crippen LogP contribution in [0.15, 0.2) is 23.2 Å². The summed E-state index contributed by atoms with van der Waals surface area (Å²) in [5.41, 5.74) is 2.28. The molecular formula is C22H31FN5NaO3S. The quantitative estimate of drug-likeness (QED) is 0.572. The smallest absolute Gasteiger partial charge is 0.423 e. The van der Waals surface area contributed by atoms with Gasteiger partial charge in [0, 0.05) is 19.6 Å². The maximum Gasteiger partial charge on any atom is 1.00 e. The van der Waals surface area contributed by atoms with Gasteiger partial charge in [-0.1, -0.05) is 27.7 Å². The van der Waals surface area contributed by atoms with Gasteiger partial charge in [0.1, 0.15) is 5.82 Å². The van der Waals surface area contributed by atoms with Gasteiger partial charge in [-0.25, -0.2) is 12.8 Å². The molecule has 1 heterocycles. The Hall–Kier alpha value is -1.46. The molecule has 8 nitrogen and oxygen atoms in total. The largest absolute Gasteiger partial charge is 1.00 e. The third kappa shape index (κ3) is 6.79. The van der Waals surface area contributed by atoms with Crippen LogP contribution in [0.25, 0.3) is 4.72 Å². The minimum atomic E-state index is -4.31. The number of hydrogen-bond donors (Lipinski definition) is 1. The third-order valence-electron chi connectivity index (χ3n) is 5.64. The zero-order chi connectivity index (χ0) is 23.8. The molecule has 176 valence electrons. The monoisotopic (exact) mass is 487 g/mol. The van der Waals surface area contributed by atoms with Gasteiger partial charge in [0.15, 0.2) is 11.1 Å². The number of carbonyl (C=O) groups is 1. The second-order valence-electron chi connectivity index (χ2n) is 9.01. The maximum absolute atomic E-state index is 14.1. The second-order valence-corrected chi connectivity index (χ2v) is 10.6. The Balaban J connectivity index is 0.00000385. The van der Waals surface area contributed by atoms with Crippen molar-refractivity contribution in [2.24, 2.45) is 7.05 Å². The number of urea groups is 1. The fourth-order valence-electron chi connectivity index (χ4n) is 3.64. The van der Waals surface area contributed by atoms with Crippen LogP contribution >= 0.6 is 0 Å². The summed E-state index contributed by atoms with van der Waals surface area (Å²) in [6.45, 7) is 8.04. The number of carbonyl (C=O) groups excluding carboxylic acids is 1. The number of amides is 2. The van der Waals surface area contributed by atoms with Crippen LogP contribution in [0.1, 0.15) is 69.2 Å². The summed E-state index contributed by atoms with van der Waals surface area (Å²) in [5, 5.41) is 6.36. The number of hydrogen-bond acceptors (Lipinski definition) is 5. The molecule has 0 atom stereocenters. The summed E-state index contributed by atoms with van der Waals surface area (Å²) in [6.07, 6.45) is 2.27. The number of rotatable bonds is 8. The van der Waals surface area contributed by atoms with Crippen LogP contribution in [0.4, 0.5) is 14.9 Å². The summed E-state index contributed by atoms with van der Waals surface area (Å²) in [6, 6.07) is 3.62. The van der Waals surface area contributed by atoms with Crippen LogP contribution in [0.2, 0.25) is 0 Å². The van der Waals surface area contributed by atoms with Crippen LogP contribution < -0.4 is 34.9 Å². The predicted octanol–water partition coefficient (Wildman–Crippen LogP) is 1.70. The van der Waals surface area contributed by atoms with Crippen molar-refractivity contribution in [3.63, 3.8) is 0 Å². The predicted molar refractivity (Wildman–Crippen MR) is 122 cm³/mol. The topological polar surface area (TPSA) is 98.4 Å². The third-order valence-corrected chi connectivity index (χ3v) is 6.78. The molecular weight excluding hydrogens is 456 g/mol. The minimum Gasteiger partial charge on any atom is -0.423 e. The number of aromatic nitrogens is 2. The molecule has 0 aliphatic heterocycles. The van der Waals surface area contributed by atoms with Gasteiger partial charge < -0.3 is 10.0 Å². The molecule has 0 unspecified atom stereocenters. The van der Waals surface area contributed by atoms with Crippen molar-refractivity contribution in [3.05, 3.63) is 45.6 Å². The Morgan fingerprint density at radius 1 is 1.21 bits per heavy atom. The zero-order valence-electron chi connectivity index (χ0n) is 20.4. The van der Waals surface area contributed by atoms with Crippen molar-refractivity contribution in [1.82, 2.24) is 14.7 Å². The molecule has 0 radical (unpaired) electrons. The molecule has 1 aromatic heterocycles. The van der Waals surface area contributed by atoms with Crippen molar-refractivity contribution < 1.29 is 47.2 Å². The number of benzene rings is 1. The molecule has 1 fully saturated rings. The Morgan fingerprint density at radius 3 is 2.24 bits per heavy atom. The van der Waals surface area contributed by atoms with Crippen LogP contribution in [0.5, 0.6) is 0 Å². The number of nitrogens with one attached hydrogen (secondary N) is 1. The van der Waals surface area contributed by atoms with Crippen molar-refractivity contribution >= 4 is 21.7 Å². The van der Waals surface area contributed by atoms with E-state index < -0.39 is 21.9 Å². The Bertz CT molecular complexity index is 1080. The Morgan fingerprint density at radius 2 is 1.76 bits per heavy atom. The zero-order valence-corrected chi connectivity index (χ0v) is 23.2. The van der Waals surface area contributed by atoms with Gasteiger partial charge in [-0.15, -0.1) is 0 Å². The van der Waals surface area contributed by atoms with Crippen molar-refractivity contribution in [2.75, 3.05) is 12.4 Å². The maximum atomic E-state index is 14.1. The van der Waals surface area contributed by atoms with Gasteiger partial charge in [0.2, 0.25) is 10.0 Å². The fourth-order valence-corrected chi connectivity index (χ4v) is 4.51. The molecule has 2 aromatic rings. The number of aryl methyl sites for hydroxylation is 1. The van der Waals surface area contributed by atoms with E-state index in [1.54, 1.807) is 7.05 Å². The van der Waals surface area contributed by atoms with Crippen molar-refractivity contribution in [2.45, 2.75) is 70.0 Å². The van der Waals surface area contributed by atoms with E-state index in [2.05, 4.69) is 20.0 Å². The fraction of sp³-hybridized carbons (Fsp3) is 0.545. The van der Waals surface area contributed by atoms with Gasteiger partial charge in [-0.2, -0.15) is 5.10 Å². The van der Waals surface area contributed by atoms with E-state index in [0.717, 1.165) is 18.5 Å². The molecule has 1 saturated carbocycles. The van der Waals surface area contributed by atoms with Crippen LogP contribution in [0, 0.1) is 5.82 Å². The van der Waals surface area contributed by atoms with E-state index in [1.165, 1.54) is 22.9 Å². The average molecular weight is 488 g/mol. The van der Waals surface area contributed by atoms with Crippen molar-refractivity contribution in [1.29, 1.82) is 0 Å².